The molecule has 0 rings (SSSR count). The summed E-state index contributed by atoms with van der Waals surface area (Å²) in [5.74, 6) is 0. The van der Waals surface area contributed by atoms with Crippen LogP contribution in [0, 0.1) is 0 Å². The first-order valence-corrected chi connectivity index (χ1v) is 2.78. The Morgan fingerprint density at radius 2 is 1.20 bits per heavy atom. The Morgan fingerprint density at radius 1 is 1.20 bits per heavy atom. The summed E-state index contributed by atoms with van der Waals surface area (Å²) in [6.45, 7) is 0. The van der Waals surface area contributed by atoms with E-state index in [1.165, 1.54) is 0 Å². The first-order valence-electron chi connectivity index (χ1n) is 0.535. The largest absolute Gasteiger partial charge is 4.00 e. The van der Waals surface area contributed by atoms with Crippen molar-refractivity contribution in [3.63, 3.8) is 0 Å². The van der Waals surface area contributed by atoms with Crippen molar-refractivity contribution < 1.29 is 41.2 Å². The van der Waals surface area contributed by atoms with Crippen LogP contribution in [0.2, 0.25) is 0 Å². The maximum atomic E-state index is 3.06. The zero-order chi connectivity index (χ0) is 2.71. The summed E-state index contributed by atoms with van der Waals surface area (Å²) in [7, 11) is 0. The third-order valence-corrected chi connectivity index (χ3v) is 0. The van der Waals surface area contributed by atoms with Gasteiger partial charge >= 0.3 is 41.2 Å². The summed E-state index contributed by atoms with van der Waals surface area (Å²) < 4.78 is 0.875. The zero-order valence-electron chi connectivity index (χ0n) is 2.67. The van der Waals surface area contributed by atoms with Crippen LogP contribution in [0.5, 0.6) is 0 Å². The summed E-state index contributed by atoms with van der Waals surface area (Å²) in [5, 5.41) is 0. The molecule has 0 spiro atoms. The van der Waals surface area contributed by atoms with Crippen molar-refractivity contribution in [2.24, 2.45) is 0 Å². The molecule has 0 radical (unpaired) electrons. The van der Waals surface area contributed by atoms with E-state index in [-0.39, 0.29) is 41.2 Å². The van der Waals surface area contributed by atoms with Crippen molar-refractivity contribution in [1.82, 2.24) is 0 Å². The molecule has 20 valence electrons. The standard InChI is InChI=1S/CH2Br2.Ti.Zn/c2-1-3;;/h1H2;;/q;+4;+2. The van der Waals surface area contributed by atoms with Gasteiger partial charge in [-0.05, 0) is 0 Å². The molecule has 0 aliphatic carbocycles. The SMILES string of the molecule is BrCBr.[Ti+4].[Zn+2]. The Morgan fingerprint density at radius 3 is 1.20 bits per heavy atom. The van der Waals surface area contributed by atoms with Crippen molar-refractivity contribution in [1.29, 1.82) is 0 Å². The van der Waals surface area contributed by atoms with Gasteiger partial charge in [-0.25, -0.2) is 0 Å². The Kier molecular flexibility index (Phi) is 50.9. The van der Waals surface area contributed by atoms with Crippen molar-refractivity contribution in [2.75, 3.05) is 4.24 Å². The van der Waals surface area contributed by atoms with E-state index in [2.05, 4.69) is 31.9 Å². The molecule has 0 fully saturated rings. The van der Waals surface area contributed by atoms with E-state index in [1.807, 2.05) is 0 Å². The molecule has 0 aromatic heterocycles. The second kappa shape index (κ2) is 16.3. The fourth-order valence-electron chi connectivity index (χ4n) is 0. The number of hydrogen-bond acceptors (Lipinski definition) is 0. The van der Waals surface area contributed by atoms with E-state index < -0.39 is 0 Å². The van der Waals surface area contributed by atoms with E-state index >= 15 is 0 Å². The molecule has 0 unspecified atom stereocenters. The number of rotatable bonds is 0. The summed E-state index contributed by atoms with van der Waals surface area (Å²) in [4.78, 5) is 0. The number of alkyl halides is 2. The van der Waals surface area contributed by atoms with Crippen LogP contribution in [-0.2, 0) is 41.2 Å². The van der Waals surface area contributed by atoms with Crippen molar-refractivity contribution in [2.45, 2.75) is 0 Å². The number of hydrogen-bond donors (Lipinski definition) is 0. The van der Waals surface area contributed by atoms with Crippen LogP contribution in [0.15, 0.2) is 0 Å². The number of halogens is 2. The Balaban J connectivity index is -0.0000000200. The minimum absolute atomic E-state index is 0. The normalized spacial score (nSPS) is 3.60. The first kappa shape index (κ1) is 15.7. The second-order valence-corrected chi connectivity index (χ2v) is 2.73. The predicted molar refractivity (Wildman–Crippen MR) is 22.7 cm³/mol. The molecule has 0 aliphatic heterocycles. The topological polar surface area (TPSA) is 0 Å². The van der Waals surface area contributed by atoms with Gasteiger partial charge in [0.15, 0.2) is 0 Å². The zero-order valence-corrected chi connectivity index (χ0v) is 10.4. The van der Waals surface area contributed by atoms with Gasteiger partial charge in [-0.2, -0.15) is 0 Å². The fraction of sp³-hybridized carbons (Fsp3) is 1.00. The van der Waals surface area contributed by atoms with Crippen LogP contribution in [0.3, 0.4) is 0 Å². The molecular weight excluding hydrogens is 285 g/mol. The molecule has 0 aromatic rings. The second-order valence-electron chi connectivity index (χ2n) is 0.101. The van der Waals surface area contributed by atoms with Crippen LogP contribution in [0.25, 0.3) is 0 Å². The smallest absolute Gasteiger partial charge is 0.0802 e. The fourth-order valence-corrected chi connectivity index (χ4v) is 0. The molecule has 0 nitrogen and oxygen atoms in total. The monoisotopic (exact) mass is 284 g/mol. The van der Waals surface area contributed by atoms with Gasteiger partial charge in [-0.3, -0.25) is 0 Å². The minimum Gasteiger partial charge on any atom is -0.0802 e. The van der Waals surface area contributed by atoms with E-state index in [1.54, 1.807) is 0 Å². The van der Waals surface area contributed by atoms with Crippen molar-refractivity contribution in [3.8, 4) is 0 Å². The first-order chi connectivity index (χ1) is 1.41. The summed E-state index contributed by atoms with van der Waals surface area (Å²) in [6, 6.07) is 0. The molecule has 0 saturated heterocycles. The van der Waals surface area contributed by atoms with Gasteiger partial charge in [0, 0.05) is 0 Å². The quantitative estimate of drug-likeness (QED) is 0.470. The molecular formula is CH2Br2TiZn+6. The molecule has 0 bridgehead atoms. The van der Waals surface area contributed by atoms with Gasteiger partial charge in [0.2, 0.25) is 0 Å². The van der Waals surface area contributed by atoms with Crippen LogP contribution >= 0.6 is 31.9 Å². The molecule has 5 heavy (non-hydrogen) atoms. The van der Waals surface area contributed by atoms with E-state index in [0.29, 0.717) is 0 Å². The maximum absolute atomic E-state index is 3.06. The molecule has 0 N–H and O–H groups in total. The van der Waals surface area contributed by atoms with Gasteiger partial charge < -0.3 is 0 Å². The molecule has 0 saturated carbocycles. The van der Waals surface area contributed by atoms with Gasteiger partial charge in [0.05, 0.1) is 4.24 Å². The maximum Gasteiger partial charge on any atom is 4.00 e. The Labute approximate surface area is 76.4 Å². The molecule has 4 heteroatoms. The van der Waals surface area contributed by atoms with Gasteiger partial charge in [0.25, 0.3) is 0 Å². The average Bonchev–Trinajstić information content (AvgIpc) is 0.918. The van der Waals surface area contributed by atoms with Crippen molar-refractivity contribution >= 4 is 31.9 Å². The summed E-state index contributed by atoms with van der Waals surface area (Å²) in [6.07, 6.45) is 0. The average molecular weight is 287 g/mol. The van der Waals surface area contributed by atoms with Crippen LogP contribution in [0.1, 0.15) is 0 Å². The van der Waals surface area contributed by atoms with Gasteiger partial charge in [-0.15, -0.1) is 0 Å². The van der Waals surface area contributed by atoms with Crippen LogP contribution < -0.4 is 0 Å². The Hall–Kier alpha value is 2.30. The van der Waals surface area contributed by atoms with E-state index in [0.717, 1.165) is 4.24 Å². The van der Waals surface area contributed by atoms with E-state index in [9.17, 15) is 0 Å². The Bertz CT molecular complexity index is 9.61. The predicted octanol–water partition coefficient (Wildman–Crippen LogP) is 1.73. The van der Waals surface area contributed by atoms with Crippen LogP contribution in [0.4, 0.5) is 0 Å². The molecule has 0 aromatic carbocycles. The molecule has 0 aliphatic rings. The molecule has 0 amide bonds. The van der Waals surface area contributed by atoms with Gasteiger partial charge in [-0.1, -0.05) is 31.9 Å². The minimum atomic E-state index is 0. The summed E-state index contributed by atoms with van der Waals surface area (Å²) in [5.41, 5.74) is 0. The third-order valence-electron chi connectivity index (χ3n) is 0. The molecule has 0 heterocycles. The van der Waals surface area contributed by atoms with E-state index in [4.69, 9.17) is 0 Å². The molecule has 0 atom stereocenters. The van der Waals surface area contributed by atoms with Gasteiger partial charge in [0.1, 0.15) is 0 Å². The van der Waals surface area contributed by atoms with Crippen molar-refractivity contribution in [3.05, 3.63) is 0 Å². The van der Waals surface area contributed by atoms with Crippen LogP contribution in [-0.4, -0.2) is 4.24 Å². The summed E-state index contributed by atoms with van der Waals surface area (Å²) >= 11 is 6.12. The third kappa shape index (κ3) is 22.0.